The number of methoxy groups -OCH3 is 2. The third-order valence-electron chi connectivity index (χ3n) is 3.49. The molecular formula is C17H17NO3. The Morgan fingerprint density at radius 3 is 2.76 bits per heavy atom. The van der Waals surface area contributed by atoms with E-state index in [0.717, 1.165) is 33.7 Å². The molecule has 4 nitrogen and oxygen atoms in total. The van der Waals surface area contributed by atoms with Gasteiger partial charge in [0.05, 0.1) is 24.6 Å². The highest BCUT2D eigenvalue weighted by Crippen LogP contribution is 2.30. The van der Waals surface area contributed by atoms with E-state index in [1.165, 1.54) is 0 Å². The minimum absolute atomic E-state index is 0.449. The zero-order valence-electron chi connectivity index (χ0n) is 12.1. The maximum Gasteiger partial charge on any atom is 0.135 e. The van der Waals surface area contributed by atoms with E-state index in [0.29, 0.717) is 6.73 Å². The average molecular weight is 283 g/mol. The van der Waals surface area contributed by atoms with Crippen LogP contribution in [0.4, 0.5) is 0 Å². The fraction of sp³-hybridized carbons (Fsp3) is 0.176. The van der Waals surface area contributed by atoms with Gasteiger partial charge in [-0.3, -0.25) is 0 Å². The summed E-state index contributed by atoms with van der Waals surface area (Å²) < 4.78 is 18.1. The van der Waals surface area contributed by atoms with E-state index in [-0.39, 0.29) is 0 Å². The molecular weight excluding hydrogens is 266 g/mol. The smallest absolute Gasteiger partial charge is 0.135 e. The summed E-state index contributed by atoms with van der Waals surface area (Å²) in [5.41, 5.74) is 2.86. The van der Waals surface area contributed by atoms with Gasteiger partial charge in [-0.15, -0.1) is 0 Å². The normalized spacial score (nSPS) is 11.0. The van der Waals surface area contributed by atoms with Crippen LogP contribution in [0.5, 0.6) is 5.75 Å². The van der Waals surface area contributed by atoms with Crippen molar-refractivity contribution in [3.8, 4) is 5.75 Å². The molecule has 108 valence electrons. The molecule has 0 aliphatic carbocycles. The number of ether oxygens (including phenoxy) is 2. The monoisotopic (exact) mass is 283 g/mol. The highest BCUT2D eigenvalue weighted by Gasteiger charge is 2.14. The van der Waals surface area contributed by atoms with Crippen LogP contribution in [0.25, 0.3) is 16.5 Å². The molecule has 0 bridgehead atoms. The van der Waals surface area contributed by atoms with Gasteiger partial charge in [-0.1, -0.05) is 6.58 Å². The summed E-state index contributed by atoms with van der Waals surface area (Å²) >= 11 is 0. The Balaban J connectivity index is 2.16. The maximum absolute atomic E-state index is 5.45. The van der Waals surface area contributed by atoms with Gasteiger partial charge in [-0.05, 0) is 36.4 Å². The Kier molecular flexibility index (Phi) is 3.54. The molecule has 0 N–H and O–H groups in total. The molecule has 2 aromatic heterocycles. The lowest BCUT2D eigenvalue weighted by Crippen LogP contribution is -2.04. The summed E-state index contributed by atoms with van der Waals surface area (Å²) in [4.78, 5) is 0. The standard InChI is InChI=1S/C17H17NO3/c1-12(17-5-4-8-21-17)16-10-13-9-14(20-3)6-7-15(13)18(16)11-19-2/h4-10H,1,11H2,2-3H3. The Morgan fingerprint density at radius 1 is 1.24 bits per heavy atom. The summed E-state index contributed by atoms with van der Waals surface area (Å²) in [5.74, 6) is 1.58. The van der Waals surface area contributed by atoms with Gasteiger partial charge in [-0.25, -0.2) is 0 Å². The van der Waals surface area contributed by atoms with Crippen LogP contribution in [0, 0.1) is 0 Å². The topological polar surface area (TPSA) is 36.5 Å². The van der Waals surface area contributed by atoms with Crippen molar-refractivity contribution in [3.63, 3.8) is 0 Å². The van der Waals surface area contributed by atoms with Gasteiger partial charge in [0, 0.05) is 18.1 Å². The fourth-order valence-corrected chi connectivity index (χ4v) is 2.47. The van der Waals surface area contributed by atoms with Crippen LogP contribution in [0.1, 0.15) is 11.5 Å². The second-order valence-electron chi connectivity index (χ2n) is 4.76. The Labute approximate surface area is 123 Å². The molecule has 0 aliphatic heterocycles. The first-order valence-corrected chi connectivity index (χ1v) is 6.64. The van der Waals surface area contributed by atoms with Crippen LogP contribution in [0.3, 0.4) is 0 Å². The lowest BCUT2D eigenvalue weighted by atomic mass is 10.1. The van der Waals surface area contributed by atoms with Crippen molar-refractivity contribution < 1.29 is 13.9 Å². The number of aromatic nitrogens is 1. The number of rotatable bonds is 5. The van der Waals surface area contributed by atoms with E-state index < -0.39 is 0 Å². The highest BCUT2D eigenvalue weighted by atomic mass is 16.5. The molecule has 0 fully saturated rings. The van der Waals surface area contributed by atoms with Crippen LogP contribution >= 0.6 is 0 Å². The van der Waals surface area contributed by atoms with E-state index in [9.17, 15) is 0 Å². The van der Waals surface area contributed by atoms with Crippen molar-refractivity contribution in [2.45, 2.75) is 6.73 Å². The molecule has 0 saturated carbocycles. The molecule has 0 unspecified atom stereocenters. The molecule has 0 saturated heterocycles. The first-order valence-electron chi connectivity index (χ1n) is 6.64. The van der Waals surface area contributed by atoms with E-state index in [2.05, 4.69) is 17.2 Å². The lowest BCUT2D eigenvalue weighted by molar-refractivity contribution is 0.134. The van der Waals surface area contributed by atoms with E-state index in [1.807, 2.05) is 30.3 Å². The Bertz CT molecular complexity index is 769. The van der Waals surface area contributed by atoms with E-state index in [1.54, 1.807) is 20.5 Å². The summed E-state index contributed by atoms with van der Waals surface area (Å²) in [6.45, 7) is 4.60. The molecule has 3 aromatic rings. The predicted octanol–water partition coefficient (Wildman–Crippen LogP) is 3.91. The van der Waals surface area contributed by atoms with Gasteiger partial charge in [0.2, 0.25) is 0 Å². The SMILES string of the molecule is C=C(c1ccco1)c1cc2cc(OC)ccc2n1COC. The van der Waals surface area contributed by atoms with Crippen LogP contribution in [-0.2, 0) is 11.5 Å². The second-order valence-corrected chi connectivity index (χ2v) is 4.76. The summed E-state index contributed by atoms with van der Waals surface area (Å²) in [7, 11) is 3.34. The van der Waals surface area contributed by atoms with Crippen LogP contribution in [0.15, 0.2) is 53.7 Å². The first-order chi connectivity index (χ1) is 10.2. The summed E-state index contributed by atoms with van der Waals surface area (Å²) in [5, 5.41) is 1.08. The van der Waals surface area contributed by atoms with Crippen molar-refractivity contribution in [1.82, 2.24) is 4.57 Å². The fourth-order valence-electron chi connectivity index (χ4n) is 2.47. The van der Waals surface area contributed by atoms with Gasteiger partial charge in [0.25, 0.3) is 0 Å². The van der Waals surface area contributed by atoms with Crippen molar-refractivity contribution in [2.24, 2.45) is 0 Å². The number of furan rings is 1. The highest BCUT2D eigenvalue weighted by molar-refractivity contribution is 5.89. The third-order valence-corrected chi connectivity index (χ3v) is 3.49. The predicted molar refractivity (Wildman–Crippen MR) is 82.3 cm³/mol. The lowest BCUT2D eigenvalue weighted by Gasteiger charge is -2.10. The average Bonchev–Trinajstić information content (AvgIpc) is 3.14. The van der Waals surface area contributed by atoms with E-state index >= 15 is 0 Å². The third kappa shape index (κ3) is 2.34. The van der Waals surface area contributed by atoms with E-state index in [4.69, 9.17) is 13.9 Å². The summed E-state index contributed by atoms with van der Waals surface area (Å²) in [6.07, 6.45) is 1.65. The zero-order chi connectivity index (χ0) is 14.8. The molecule has 2 heterocycles. The number of fused-ring (bicyclic) bond motifs is 1. The van der Waals surface area contributed by atoms with Crippen molar-refractivity contribution in [2.75, 3.05) is 14.2 Å². The molecule has 0 atom stereocenters. The van der Waals surface area contributed by atoms with Crippen molar-refractivity contribution in [3.05, 3.63) is 60.7 Å². The maximum atomic E-state index is 5.45. The van der Waals surface area contributed by atoms with Gasteiger partial charge in [-0.2, -0.15) is 0 Å². The molecule has 21 heavy (non-hydrogen) atoms. The van der Waals surface area contributed by atoms with Gasteiger partial charge >= 0.3 is 0 Å². The number of hydrogen-bond donors (Lipinski definition) is 0. The van der Waals surface area contributed by atoms with Gasteiger partial charge < -0.3 is 18.5 Å². The minimum atomic E-state index is 0.449. The number of hydrogen-bond acceptors (Lipinski definition) is 3. The molecule has 4 heteroatoms. The minimum Gasteiger partial charge on any atom is -0.497 e. The molecule has 0 radical (unpaired) electrons. The van der Waals surface area contributed by atoms with Crippen molar-refractivity contribution >= 4 is 16.5 Å². The first kappa shape index (κ1) is 13.5. The summed E-state index contributed by atoms with van der Waals surface area (Å²) in [6, 6.07) is 11.8. The Morgan fingerprint density at radius 2 is 2.10 bits per heavy atom. The second kappa shape index (κ2) is 5.50. The molecule has 0 aliphatic rings. The molecule has 1 aromatic carbocycles. The number of nitrogens with zero attached hydrogens (tertiary/aromatic N) is 1. The van der Waals surface area contributed by atoms with Gasteiger partial charge in [0.1, 0.15) is 18.2 Å². The largest absolute Gasteiger partial charge is 0.497 e. The Hall–Kier alpha value is -2.46. The van der Waals surface area contributed by atoms with Crippen LogP contribution in [0.2, 0.25) is 0 Å². The molecule has 0 amide bonds. The molecule has 3 rings (SSSR count). The van der Waals surface area contributed by atoms with Crippen molar-refractivity contribution in [1.29, 1.82) is 0 Å². The van der Waals surface area contributed by atoms with Crippen LogP contribution in [-0.4, -0.2) is 18.8 Å². The van der Waals surface area contributed by atoms with Crippen LogP contribution < -0.4 is 4.74 Å². The molecule has 0 spiro atoms. The number of benzene rings is 1. The van der Waals surface area contributed by atoms with Gasteiger partial charge in [0.15, 0.2) is 0 Å². The quantitative estimate of drug-likeness (QED) is 0.712. The zero-order valence-corrected chi connectivity index (χ0v) is 12.1.